The second-order valence-corrected chi connectivity index (χ2v) is 19.9. The van der Waals surface area contributed by atoms with Gasteiger partial charge in [-0.05, 0) is 92.1 Å². The maximum Gasteiger partial charge on any atom is 0.326 e. The van der Waals surface area contributed by atoms with Crippen molar-refractivity contribution in [3.63, 3.8) is 0 Å². The number of carboxylic acid groups (broad SMARTS) is 1. The van der Waals surface area contributed by atoms with Gasteiger partial charge >= 0.3 is 5.97 Å². The standard InChI is InChI=1S/C23H28N4O3.C16H16N4O4.C6H13N/c1-13(28)22-16-4-5-24-11-19(16)26(25-22)12-21(30)27-17-7-15(17)8-18(27)20(29)6-14-9-23(2,3)10-14;1-8(21)15-10-2-3-17-6-13(10)19(18-15)7-14(22)20-11-4-9(11)5-12(20)16(23)24;1-6(2)3-5(7)4-6/h4-5,11,14-15,17-18H,6-10,12H2,1-3H3;2-3,6,9,11-12H,4-5,7H2,1H3,(H,23,24);5H,3-4,7H2,1-2H3/t15-,17-,18+;9-,11-,12+;/m11./s1. The highest BCUT2D eigenvalue weighted by Crippen LogP contribution is 2.51. The predicted octanol–water partition coefficient (Wildman–Crippen LogP) is 4.86. The van der Waals surface area contributed by atoms with Gasteiger partial charge in [-0.3, -0.25) is 43.3 Å². The molecule has 2 aliphatic heterocycles. The van der Waals surface area contributed by atoms with E-state index in [-0.39, 0.29) is 60.4 Å². The van der Waals surface area contributed by atoms with Crippen LogP contribution in [0.4, 0.5) is 0 Å². The van der Waals surface area contributed by atoms with E-state index in [4.69, 9.17) is 5.73 Å². The van der Waals surface area contributed by atoms with E-state index < -0.39 is 12.0 Å². The van der Waals surface area contributed by atoms with Gasteiger partial charge in [-0.1, -0.05) is 27.7 Å². The largest absolute Gasteiger partial charge is 0.480 e. The zero-order valence-electron chi connectivity index (χ0n) is 35.9. The smallest absolute Gasteiger partial charge is 0.326 e. The number of Topliss-reactive ketones (excluding diaryl/α,β-unsaturated/α-hetero) is 3. The van der Waals surface area contributed by atoms with E-state index >= 15 is 0 Å². The normalized spacial score (nSPS) is 26.5. The van der Waals surface area contributed by atoms with Crippen LogP contribution in [0.5, 0.6) is 0 Å². The minimum atomic E-state index is -0.966. The fourth-order valence-electron chi connectivity index (χ4n) is 10.8. The highest BCUT2D eigenvalue weighted by Gasteiger charge is 2.57. The summed E-state index contributed by atoms with van der Waals surface area (Å²) in [5, 5.41) is 19.3. The number of pyridine rings is 2. The zero-order valence-corrected chi connectivity index (χ0v) is 35.9. The maximum absolute atomic E-state index is 13.3. The highest BCUT2D eigenvalue weighted by molar-refractivity contribution is 6.05. The molecule has 2 amide bonds. The fourth-order valence-corrected chi connectivity index (χ4v) is 10.8. The molecule has 4 aliphatic carbocycles. The van der Waals surface area contributed by atoms with E-state index in [0.29, 0.717) is 80.7 Å². The van der Waals surface area contributed by atoms with Gasteiger partial charge in [0.05, 0.1) is 29.5 Å². The molecule has 0 radical (unpaired) electrons. The first-order valence-corrected chi connectivity index (χ1v) is 21.6. The molecule has 0 unspecified atom stereocenters. The van der Waals surface area contributed by atoms with Crippen LogP contribution in [0.1, 0.15) is 120 Å². The molecule has 4 aromatic rings. The van der Waals surface area contributed by atoms with Gasteiger partial charge in [0.2, 0.25) is 11.8 Å². The van der Waals surface area contributed by atoms with Crippen molar-refractivity contribution in [1.82, 2.24) is 39.3 Å². The molecule has 10 rings (SSSR count). The average molecular weight is 836 g/mol. The van der Waals surface area contributed by atoms with Crippen LogP contribution in [0, 0.1) is 28.6 Å². The first-order chi connectivity index (χ1) is 28.8. The third kappa shape index (κ3) is 8.60. The van der Waals surface area contributed by atoms with Crippen LogP contribution in [0.3, 0.4) is 0 Å². The Morgan fingerprint density at radius 2 is 1.13 bits per heavy atom. The number of carboxylic acids is 1. The number of nitrogens with two attached hydrogens (primary N) is 1. The lowest BCUT2D eigenvalue weighted by Gasteiger charge is -2.43. The number of ketones is 3. The summed E-state index contributed by atoms with van der Waals surface area (Å²) in [4.78, 5) is 85.5. The Hall–Kier alpha value is -5.38. The minimum absolute atomic E-state index is 0.0267. The number of hydrogen-bond acceptors (Lipinski definition) is 11. The van der Waals surface area contributed by atoms with Crippen molar-refractivity contribution in [2.45, 2.75) is 143 Å². The van der Waals surface area contributed by atoms with Crippen LogP contribution >= 0.6 is 0 Å². The van der Waals surface area contributed by atoms with Gasteiger partial charge in [-0.15, -0.1) is 0 Å². The minimum Gasteiger partial charge on any atom is -0.480 e. The molecule has 0 spiro atoms. The van der Waals surface area contributed by atoms with Crippen molar-refractivity contribution < 1.29 is 33.9 Å². The number of carbonyl (C=O) groups is 6. The Labute approximate surface area is 354 Å². The maximum atomic E-state index is 13.3. The molecule has 0 aromatic carbocycles. The van der Waals surface area contributed by atoms with Crippen molar-refractivity contribution in [2.24, 2.45) is 34.3 Å². The van der Waals surface area contributed by atoms with Crippen molar-refractivity contribution in [3.05, 3.63) is 48.3 Å². The molecule has 16 nitrogen and oxygen atoms in total. The molecular weight excluding hydrogens is 779 g/mol. The van der Waals surface area contributed by atoms with E-state index in [1.165, 1.54) is 36.3 Å². The van der Waals surface area contributed by atoms with E-state index in [9.17, 15) is 33.9 Å². The number of nitrogens with zero attached hydrogens (tertiary/aromatic N) is 8. The average Bonchev–Trinajstić information content (AvgIpc) is 3.89. The van der Waals surface area contributed by atoms with Gasteiger partial charge in [0.1, 0.15) is 30.5 Å². The van der Waals surface area contributed by atoms with E-state index in [1.807, 2.05) is 4.90 Å². The third-order valence-electron chi connectivity index (χ3n) is 13.6. The molecule has 61 heavy (non-hydrogen) atoms. The van der Waals surface area contributed by atoms with Crippen molar-refractivity contribution in [3.8, 4) is 0 Å². The number of aliphatic carboxylic acids is 1. The quantitative estimate of drug-likeness (QED) is 0.205. The summed E-state index contributed by atoms with van der Waals surface area (Å²) >= 11 is 0. The van der Waals surface area contributed by atoms with Crippen LogP contribution < -0.4 is 5.73 Å². The third-order valence-corrected chi connectivity index (χ3v) is 13.6. The number of aromatic nitrogens is 6. The van der Waals surface area contributed by atoms with Crippen molar-refractivity contribution in [2.75, 3.05) is 0 Å². The summed E-state index contributed by atoms with van der Waals surface area (Å²) in [7, 11) is 0. The summed E-state index contributed by atoms with van der Waals surface area (Å²) in [6.45, 7) is 11.8. The summed E-state index contributed by atoms with van der Waals surface area (Å²) in [5.41, 5.74) is 8.38. The number of hydrogen-bond donors (Lipinski definition) is 2. The number of amides is 2. The molecule has 6 fully saturated rings. The Balaban J connectivity index is 0.000000148. The van der Waals surface area contributed by atoms with Crippen LogP contribution in [-0.4, -0.2) is 110 Å². The molecule has 16 heteroatoms. The van der Waals surface area contributed by atoms with Gasteiger partial charge in [0.25, 0.3) is 0 Å². The lowest BCUT2D eigenvalue weighted by molar-refractivity contribution is -0.149. The van der Waals surface area contributed by atoms with Crippen LogP contribution in [0.15, 0.2) is 36.9 Å². The summed E-state index contributed by atoms with van der Waals surface area (Å²) in [6, 6.07) is 3.12. The van der Waals surface area contributed by atoms with Crippen LogP contribution in [-0.2, 0) is 32.3 Å². The van der Waals surface area contributed by atoms with Gasteiger partial charge in [0.15, 0.2) is 17.3 Å². The number of piperidine rings is 2. The topological polar surface area (TPSA) is 217 Å². The van der Waals surface area contributed by atoms with E-state index in [2.05, 4.69) is 47.9 Å². The Morgan fingerprint density at radius 1 is 0.689 bits per heavy atom. The molecule has 3 N–H and O–H groups in total. The van der Waals surface area contributed by atoms with Crippen LogP contribution in [0.25, 0.3) is 21.8 Å². The monoisotopic (exact) mass is 835 g/mol. The summed E-state index contributed by atoms with van der Waals surface area (Å²) in [5.74, 6) is -0.226. The molecule has 4 aromatic heterocycles. The molecule has 6 atom stereocenters. The van der Waals surface area contributed by atoms with Crippen LogP contribution in [0.2, 0.25) is 0 Å². The van der Waals surface area contributed by atoms with Crippen molar-refractivity contribution in [1.29, 1.82) is 0 Å². The predicted molar refractivity (Wildman–Crippen MR) is 224 cm³/mol. The molecule has 6 heterocycles. The van der Waals surface area contributed by atoms with Gasteiger partial charge in [0, 0.05) is 61.6 Å². The second kappa shape index (κ2) is 15.8. The second-order valence-electron chi connectivity index (χ2n) is 19.9. The lowest BCUT2D eigenvalue weighted by Crippen LogP contribution is -2.46. The molecular formula is C45H57N9O7. The zero-order chi connectivity index (χ0) is 43.7. The van der Waals surface area contributed by atoms with Gasteiger partial charge < -0.3 is 20.6 Å². The Morgan fingerprint density at radius 3 is 1.52 bits per heavy atom. The Bertz CT molecular complexity index is 2420. The highest BCUT2D eigenvalue weighted by atomic mass is 16.4. The van der Waals surface area contributed by atoms with E-state index in [0.717, 1.165) is 32.1 Å². The first kappa shape index (κ1) is 42.3. The van der Waals surface area contributed by atoms with E-state index in [1.54, 1.807) is 41.6 Å². The Kier molecular flexibility index (Phi) is 11.0. The van der Waals surface area contributed by atoms with Gasteiger partial charge in [-0.25, -0.2) is 4.79 Å². The number of rotatable bonds is 10. The number of fused-ring (bicyclic) bond motifs is 4. The molecule has 2 saturated heterocycles. The van der Waals surface area contributed by atoms with Gasteiger partial charge in [-0.2, -0.15) is 10.2 Å². The van der Waals surface area contributed by atoms with Crippen molar-refractivity contribution >= 4 is 56.9 Å². The fraction of sp³-hybridized carbons (Fsp3) is 0.600. The SMILES string of the molecule is CC(=O)c1nn(CC(=O)N2[C@@H]3C[C@@H]3C[C@H]2C(=O)CC2CC(C)(C)C2)c2cnccc12.CC(=O)c1nn(CC(=O)N2[C@@H]3C[C@@H]3C[C@H]2C(=O)O)c2cnccc12.CC1(C)CC(N)C1. The lowest BCUT2D eigenvalue weighted by atomic mass is 9.63. The first-order valence-electron chi connectivity index (χ1n) is 21.6. The summed E-state index contributed by atoms with van der Waals surface area (Å²) in [6.07, 6.45) is 14.7. The summed E-state index contributed by atoms with van der Waals surface area (Å²) < 4.78 is 3.00. The molecule has 324 valence electrons. The number of likely N-dealkylation sites (tertiary alicyclic amines) is 2. The molecule has 0 bridgehead atoms. The molecule has 6 aliphatic rings. The molecule has 4 saturated carbocycles. The number of carbonyl (C=O) groups excluding carboxylic acids is 5.